The normalized spacial score (nSPS) is 10.6. The van der Waals surface area contributed by atoms with Gasteiger partial charge in [0.05, 0.1) is 14.2 Å². The largest absolute Gasteiger partial charge is 0.493 e. The number of aryl methyl sites for hydroxylation is 1. The molecule has 0 unspecified atom stereocenters. The summed E-state index contributed by atoms with van der Waals surface area (Å²) in [5.74, 6) is -0.335. The van der Waals surface area contributed by atoms with Crippen LogP contribution in [-0.2, 0) is 20.7 Å². The Morgan fingerprint density at radius 3 is 2.41 bits per heavy atom. The van der Waals surface area contributed by atoms with Crippen LogP contribution in [0.3, 0.4) is 0 Å². The first-order chi connectivity index (χ1) is 14.0. The van der Waals surface area contributed by atoms with Crippen molar-refractivity contribution >= 4 is 23.6 Å². The third kappa shape index (κ3) is 6.11. The van der Waals surface area contributed by atoms with E-state index in [9.17, 15) is 14.9 Å². The number of carbonyl (C=O) groups is 2. The maximum absolute atomic E-state index is 12.4. The first kappa shape index (κ1) is 21.5. The summed E-state index contributed by atoms with van der Waals surface area (Å²) < 4.78 is 15.1. The maximum Gasteiger partial charge on any atom is 0.343 e. The lowest BCUT2D eigenvalue weighted by Gasteiger charge is -2.10. The average Bonchev–Trinajstić information content (AvgIpc) is 2.76. The molecule has 29 heavy (non-hydrogen) atoms. The van der Waals surface area contributed by atoms with Gasteiger partial charge in [0.2, 0.25) is 0 Å². The van der Waals surface area contributed by atoms with Gasteiger partial charge in [-0.3, -0.25) is 4.79 Å². The monoisotopic (exact) mass is 394 g/mol. The van der Waals surface area contributed by atoms with E-state index in [0.29, 0.717) is 22.7 Å². The van der Waals surface area contributed by atoms with E-state index < -0.39 is 11.9 Å². The highest BCUT2D eigenvalue weighted by atomic mass is 16.6. The molecule has 7 nitrogen and oxygen atoms in total. The molecule has 0 aromatic heterocycles. The molecule has 1 N–H and O–H groups in total. The highest BCUT2D eigenvalue weighted by Crippen LogP contribution is 2.29. The van der Waals surface area contributed by atoms with E-state index >= 15 is 0 Å². The second-order valence-corrected chi connectivity index (χ2v) is 5.95. The number of nitrogens with one attached hydrogen (secondary N) is 1. The van der Waals surface area contributed by atoms with Gasteiger partial charge in [0.25, 0.3) is 5.91 Å². The van der Waals surface area contributed by atoms with Crippen molar-refractivity contribution in [1.29, 1.82) is 5.26 Å². The first-order valence-electron chi connectivity index (χ1n) is 8.90. The Hall–Kier alpha value is -3.79. The lowest BCUT2D eigenvalue weighted by molar-refractivity contribution is -0.142. The minimum atomic E-state index is -0.522. The minimum Gasteiger partial charge on any atom is -0.493 e. The van der Waals surface area contributed by atoms with Crippen LogP contribution in [0.25, 0.3) is 6.08 Å². The molecule has 1 amide bonds. The van der Waals surface area contributed by atoms with E-state index in [1.54, 1.807) is 30.3 Å². The van der Waals surface area contributed by atoms with Crippen LogP contribution in [0.1, 0.15) is 18.1 Å². The zero-order valence-corrected chi connectivity index (χ0v) is 16.5. The number of carbonyl (C=O) groups excluding carboxylic acids is 2. The van der Waals surface area contributed by atoms with Crippen molar-refractivity contribution in [3.63, 3.8) is 0 Å². The molecule has 0 spiro atoms. The van der Waals surface area contributed by atoms with E-state index in [1.807, 2.05) is 25.1 Å². The molecule has 0 bridgehead atoms. The molecule has 0 atom stereocenters. The number of benzene rings is 2. The van der Waals surface area contributed by atoms with Crippen molar-refractivity contribution in [3.8, 4) is 17.6 Å². The van der Waals surface area contributed by atoms with E-state index in [2.05, 4.69) is 10.1 Å². The molecule has 2 rings (SSSR count). The summed E-state index contributed by atoms with van der Waals surface area (Å²) in [6.07, 6.45) is 2.35. The number of methoxy groups -OCH3 is 2. The number of amides is 1. The maximum atomic E-state index is 12.4. The summed E-state index contributed by atoms with van der Waals surface area (Å²) in [7, 11) is 2.72. The van der Waals surface area contributed by atoms with Gasteiger partial charge in [-0.2, -0.15) is 5.26 Å². The SMILES string of the molecule is CCc1ccc(NC(=O)/C(C#N)=C/c2ccc(OCC(=O)OC)c(OC)c2)cc1. The first-order valence-corrected chi connectivity index (χ1v) is 8.90. The Morgan fingerprint density at radius 1 is 1.10 bits per heavy atom. The Bertz CT molecular complexity index is 943. The fourth-order valence-corrected chi connectivity index (χ4v) is 2.43. The molecule has 0 aliphatic carbocycles. The summed E-state index contributed by atoms with van der Waals surface area (Å²) in [5, 5.41) is 12.1. The second-order valence-electron chi connectivity index (χ2n) is 5.95. The van der Waals surface area contributed by atoms with Crippen molar-refractivity contribution in [3.05, 3.63) is 59.2 Å². The summed E-state index contributed by atoms with van der Waals surface area (Å²) in [6.45, 7) is 1.79. The lowest BCUT2D eigenvalue weighted by atomic mass is 10.1. The van der Waals surface area contributed by atoms with Gasteiger partial charge in [-0.05, 0) is 47.9 Å². The van der Waals surface area contributed by atoms with E-state index in [1.165, 1.54) is 20.3 Å². The third-order valence-electron chi connectivity index (χ3n) is 4.06. The van der Waals surface area contributed by atoms with Gasteiger partial charge >= 0.3 is 5.97 Å². The average molecular weight is 394 g/mol. The predicted molar refractivity (Wildman–Crippen MR) is 109 cm³/mol. The molecular formula is C22H22N2O5. The van der Waals surface area contributed by atoms with Crippen molar-refractivity contribution < 1.29 is 23.8 Å². The van der Waals surface area contributed by atoms with E-state index in [-0.39, 0.29) is 12.2 Å². The van der Waals surface area contributed by atoms with Crippen LogP contribution in [0.5, 0.6) is 11.5 Å². The number of rotatable bonds is 8. The fourth-order valence-electron chi connectivity index (χ4n) is 2.43. The molecule has 2 aromatic carbocycles. The molecule has 0 heterocycles. The molecule has 0 aliphatic heterocycles. The standard InChI is InChI=1S/C22H22N2O5/c1-4-15-5-8-18(9-6-15)24-22(26)17(13-23)11-16-7-10-19(20(12-16)27-2)29-14-21(25)28-3/h5-12H,4,14H2,1-3H3,(H,24,26)/b17-11+. The van der Waals surface area contributed by atoms with Gasteiger partial charge in [-0.15, -0.1) is 0 Å². The Morgan fingerprint density at radius 2 is 1.83 bits per heavy atom. The lowest BCUT2D eigenvalue weighted by Crippen LogP contribution is -2.13. The quantitative estimate of drug-likeness (QED) is 0.419. The van der Waals surface area contributed by atoms with Crippen LogP contribution in [0, 0.1) is 11.3 Å². The summed E-state index contributed by atoms with van der Waals surface area (Å²) >= 11 is 0. The fraction of sp³-hybridized carbons (Fsp3) is 0.227. The summed E-state index contributed by atoms with van der Waals surface area (Å²) in [4.78, 5) is 23.6. The molecule has 0 saturated carbocycles. The van der Waals surface area contributed by atoms with Gasteiger partial charge < -0.3 is 19.5 Å². The molecule has 0 saturated heterocycles. The summed E-state index contributed by atoms with van der Waals surface area (Å²) in [5.41, 5.74) is 2.27. The number of ether oxygens (including phenoxy) is 3. The van der Waals surface area contributed by atoms with E-state index in [0.717, 1.165) is 12.0 Å². The van der Waals surface area contributed by atoms with Crippen molar-refractivity contribution in [2.75, 3.05) is 26.1 Å². The zero-order chi connectivity index (χ0) is 21.2. The van der Waals surface area contributed by atoms with Crippen LogP contribution in [-0.4, -0.2) is 32.7 Å². The number of nitrogens with zero attached hydrogens (tertiary/aromatic N) is 1. The predicted octanol–water partition coefficient (Wildman–Crippen LogP) is 3.36. The number of anilines is 1. The van der Waals surface area contributed by atoms with Crippen LogP contribution >= 0.6 is 0 Å². The second kappa shape index (κ2) is 10.5. The van der Waals surface area contributed by atoms with Crippen molar-refractivity contribution in [1.82, 2.24) is 0 Å². The van der Waals surface area contributed by atoms with Crippen LogP contribution in [0.4, 0.5) is 5.69 Å². The number of esters is 1. The molecule has 0 radical (unpaired) electrons. The highest BCUT2D eigenvalue weighted by Gasteiger charge is 2.12. The molecule has 0 fully saturated rings. The highest BCUT2D eigenvalue weighted by molar-refractivity contribution is 6.09. The summed E-state index contributed by atoms with van der Waals surface area (Å²) in [6, 6.07) is 14.2. The van der Waals surface area contributed by atoms with Crippen molar-refractivity contribution in [2.24, 2.45) is 0 Å². The molecule has 7 heteroatoms. The van der Waals surface area contributed by atoms with Crippen LogP contribution in [0.15, 0.2) is 48.0 Å². The topological polar surface area (TPSA) is 97.7 Å². The van der Waals surface area contributed by atoms with Gasteiger partial charge in [-0.25, -0.2) is 4.79 Å². The molecule has 150 valence electrons. The smallest absolute Gasteiger partial charge is 0.343 e. The van der Waals surface area contributed by atoms with Crippen LogP contribution in [0.2, 0.25) is 0 Å². The van der Waals surface area contributed by atoms with Gasteiger partial charge in [0.1, 0.15) is 11.6 Å². The number of hydrogen-bond donors (Lipinski definition) is 1. The minimum absolute atomic E-state index is 0.0603. The van der Waals surface area contributed by atoms with E-state index in [4.69, 9.17) is 9.47 Å². The zero-order valence-electron chi connectivity index (χ0n) is 16.5. The van der Waals surface area contributed by atoms with Gasteiger partial charge in [0.15, 0.2) is 18.1 Å². The van der Waals surface area contributed by atoms with Crippen LogP contribution < -0.4 is 14.8 Å². The van der Waals surface area contributed by atoms with Gasteiger partial charge in [-0.1, -0.05) is 25.1 Å². The Labute approximate surface area is 169 Å². The molecule has 0 aliphatic rings. The third-order valence-corrected chi connectivity index (χ3v) is 4.06. The number of hydrogen-bond acceptors (Lipinski definition) is 6. The van der Waals surface area contributed by atoms with Gasteiger partial charge in [0, 0.05) is 5.69 Å². The molecule has 2 aromatic rings. The number of nitriles is 1. The Balaban J connectivity index is 2.17. The Kier molecular flexibility index (Phi) is 7.80. The van der Waals surface area contributed by atoms with Crippen molar-refractivity contribution in [2.45, 2.75) is 13.3 Å². The molecular weight excluding hydrogens is 372 g/mol.